The number of carbonyl (C=O) groups is 1. The third-order valence-electron chi connectivity index (χ3n) is 3.98. The van der Waals surface area contributed by atoms with E-state index in [0.29, 0.717) is 17.1 Å². The Hall–Kier alpha value is -2.41. The second kappa shape index (κ2) is 6.60. The number of hydrogen-bond acceptors (Lipinski definition) is 5. The molecule has 3 rings (SSSR count). The molecule has 0 bridgehead atoms. The number of benzene rings is 1. The molecule has 1 saturated heterocycles. The molecule has 2 aromatic rings. The Bertz CT molecular complexity index is 842. The lowest BCUT2D eigenvalue weighted by atomic mass is 10.2. The Balaban J connectivity index is 1.80. The Kier molecular flexibility index (Phi) is 4.53. The zero-order chi connectivity index (χ0) is 17.2. The van der Waals surface area contributed by atoms with E-state index >= 15 is 0 Å². The standard InChI is InChI=1S/C17H19N3O3S/c1-24(22,23)14-8-6-13(7-9-14)19-17(21)15-5-4-10-18-16(15)20-11-2-3-12-20/h4-10H,2-3,11-12H2,1H3,(H,19,21). The van der Waals surface area contributed by atoms with Crippen LogP contribution in [0.3, 0.4) is 0 Å². The van der Waals surface area contributed by atoms with Gasteiger partial charge in [-0.05, 0) is 49.2 Å². The molecule has 1 aliphatic rings. The van der Waals surface area contributed by atoms with Gasteiger partial charge in [0.25, 0.3) is 5.91 Å². The van der Waals surface area contributed by atoms with Crippen LogP contribution < -0.4 is 10.2 Å². The molecule has 0 aliphatic carbocycles. The van der Waals surface area contributed by atoms with Crippen LogP contribution in [0, 0.1) is 0 Å². The molecule has 6 nitrogen and oxygen atoms in total. The molecule has 0 atom stereocenters. The molecule has 0 unspecified atom stereocenters. The van der Waals surface area contributed by atoms with E-state index in [0.717, 1.165) is 32.2 Å². The Morgan fingerprint density at radius 1 is 1.12 bits per heavy atom. The van der Waals surface area contributed by atoms with Gasteiger partial charge in [0.05, 0.1) is 10.5 Å². The smallest absolute Gasteiger partial charge is 0.259 e. The Morgan fingerprint density at radius 3 is 2.42 bits per heavy atom. The second-order valence-electron chi connectivity index (χ2n) is 5.82. The van der Waals surface area contributed by atoms with Crippen LogP contribution in [0.15, 0.2) is 47.5 Å². The summed E-state index contributed by atoms with van der Waals surface area (Å²) in [5.41, 5.74) is 1.07. The summed E-state index contributed by atoms with van der Waals surface area (Å²) in [6, 6.07) is 9.62. The average Bonchev–Trinajstić information content (AvgIpc) is 3.09. The third kappa shape index (κ3) is 3.56. The van der Waals surface area contributed by atoms with E-state index < -0.39 is 9.84 Å². The molecule has 7 heteroatoms. The number of sulfone groups is 1. The molecule has 1 fully saturated rings. The number of amides is 1. The highest BCUT2D eigenvalue weighted by molar-refractivity contribution is 7.90. The van der Waals surface area contributed by atoms with Gasteiger partial charge in [-0.15, -0.1) is 0 Å². The summed E-state index contributed by atoms with van der Waals surface area (Å²) in [4.78, 5) is 19.3. The monoisotopic (exact) mass is 345 g/mol. The maximum atomic E-state index is 12.6. The van der Waals surface area contributed by atoms with Crippen LogP contribution in [0.1, 0.15) is 23.2 Å². The molecule has 24 heavy (non-hydrogen) atoms. The third-order valence-corrected chi connectivity index (χ3v) is 5.11. The Labute approximate surface area is 141 Å². The number of aromatic nitrogens is 1. The lowest BCUT2D eigenvalue weighted by molar-refractivity contribution is 0.102. The molecular formula is C17H19N3O3S. The number of nitrogens with zero attached hydrogens (tertiary/aromatic N) is 2. The summed E-state index contributed by atoms with van der Waals surface area (Å²) in [5.74, 6) is 0.442. The predicted molar refractivity (Wildman–Crippen MR) is 93.2 cm³/mol. The van der Waals surface area contributed by atoms with Crippen molar-refractivity contribution in [1.29, 1.82) is 0 Å². The summed E-state index contributed by atoms with van der Waals surface area (Å²) in [7, 11) is -3.25. The van der Waals surface area contributed by atoms with Crippen molar-refractivity contribution >= 4 is 27.2 Å². The number of carbonyl (C=O) groups excluding carboxylic acids is 1. The number of hydrogen-bond donors (Lipinski definition) is 1. The molecule has 1 aromatic heterocycles. The van der Waals surface area contributed by atoms with Gasteiger partial charge in [0.1, 0.15) is 5.82 Å². The highest BCUT2D eigenvalue weighted by atomic mass is 32.2. The topological polar surface area (TPSA) is 79.4 Å². The fourth-order valence-electron chi connectivity index (χ4n) is 2.74. The minimum Gasteiger partial charge on any atom is -0.356 e. The molecule has 1 N–H and O–H groups in total. The average molecular weight is 345 g/mol. The fourth-order valence-corrected chi connectivity index (χ4v) is 3.37. The van der Waals surface area contributed by atoms with Crippen molar-refractivity contribution in [3.63, 3.8) is 0 Å². The highest BCUT2D eigenvalue weighted by Crippen LogP contribution is 2.23. The fraction of sp³-hybridized carbons (Fsp3) is 0.294. The van der Waals surface area contributed by atoms with Gasteiger partial charge in [-0.1, -0.05) is 0 Å². The SMILES string of the molecule is CS(=O)(=O)c1ccc(NC(=O)c2cccnc2N2CCCC2)cc1. The van der Waals surface area contributed by atoms with Gasteiger partial charge in [-0.25, -0.2) is 13.4 Å². The van der Waals surface area contributed by atoms with E-state index in [2.05, 4.69) is 15.2 Å². The molecule has 0 saturated carbocycles. The van der Waals surface area contributed by atoms with Crippen molar-refractivity contribution in [2.75, 3.05) is 29.6 Å². The molecule has 0 radical (unpaired) electrons. The van der Waals surface area contributed by atoms with Crippen molar-refractivity contribution in [3.05, 3.63) is 48.2 Å². The van der Waals surface area contributed by atoms with Gasteiger partial charge < -0.3 is 10.2 Å². The van der Waals surface area contributed by atoms with Crippen LogP contribution in [0.25, 0.3) is 0 Å². The lowest BCUT2D eigenvalue weighted by Crippen LogP contribution is -2.24. The first-order valence-electron chi connectivity index (χ1n) is 7.76. The van der Waals surface area contributed by atoms with Gasteiger partial charge >= 0.3 is 0 Å². The second-order valence-corrected chi connectivity index (χ2v) is 7.84. The molecule has 1 aromatic carbocycles. The molecule has 1 aliphatic heterocycles. The van der Waals surface area contributed by atoms with Crippen molar-refractivity contribution in [2.24, 2.45) is 0 Å². The first-order valence-corrected chi connectivity index (χ1v) is 9.66. The normalized spacial score (nSPS) is 14.6. The maximum absolute atomic E-state index is 12.6. The van der Waals surface area contributed by atoms with E-state index in [1.54, 1.807) is 30.5 Å². The predicted octanol–water partition coefficient (Wildman–Crippen LogP) is 2.34. The van der Waals surface area contributed by atoms with E-state index in [4.69, 9.17) is 0 Å². The van der Waals surface area contributed by atoms with Gasteiger partial charge in [-0.3, -0.25) is 4.79 Å². The van der Waals surface area contributed by atoms with E-state index in [1.165, 1.54) is 12.1 Å². The van der Waals surface area contributed by atoms with Crippen molar-refractivity contribution in [1.82, 2.24) is 4.98 Å². The molecule has 2 heterocycles. The summed E-state index contributed by atoms with van der Waals surface area (Å²) >= 11 is 0. The first-order chi connectivity index (χ1) is 11.4. The molecular weight excluding hydrogens is 326 g/mol. The summed E-state index contributed by atoms with van der Waals surface area (Å²) in [6.45, 7) is 1.81. The summed E-state index contributed by atoms with van der Waals surface area (Å²) in [5, 5.41) is 2.80. The maximum Gasteiger partial charge on any atom is 0.259 e. The molecule has 0 spiro atoms. The van der Waals surface area contributed by atoms with Crippen LogP contribution in [-0.4, -0.2) is 38.7 Å². The van der Waals surface area contributed by atoms with Crippen molar-refractivity contribution < 1.29 is 13.2 Å². The van der Waals surface area contributed by atoms with E-state index in [-0.39, 0.29) is 10.8 Å². The molecule has 1 amide bonds. The minimum absolute atomic E-state index is 0.222. The van der Waals surface area contributed by atoms with Crippen LogP contribution in [0.5, 0.6) is 0 Å². The Morgan fingerprint density at radius 2 is 1.79 bits per heavy atom. The van der Waals surface area contributed by atoms with Gasteiger partial charge in [0.2, 0.25) is 0 Å². The van der Waals surface area contributed by atoms with Crippen molar-refractivity contribution in [3.8, 4) is 0 Å². The minimum atomic E-state index is -3.25. The zero-order valence-electron chi connectivity index (χ0n) is 13.4. The number of anilines is 2. The lowest BCUT2D eigenvalue weighted by Gasteiger charge is -2.19. The van der Waals surface area contributed by atoms with Crippen LogP contribution in [0.4, 0.5) is 11.5 Å². The van der Waals surface area contributed by atoms with E-state index in [9.17, 15) is 13.2 Å². The molecule has 126 valence electrons. The van der Waals surface area contributed by atoms with E-state index in [1.807, 2.05) is 0 Å². The van der Waals surface area contributed by atoms with Crippen molar-refractivity contribution in [2.45, 2.75) is 17.7 Å². The van der Waals surface area contributed by atoms with Crippen LogP contribution in [-0.2, 0) is 9.84 Å². The highest BCUT2D eigenvalue weighted by Gasteiger charge is 2.20. The number of nitrogens with one attached hydrogen (secondary N) is 1. The van der Waals surface area contributed by atoms with Gasteiger partial charge in [0, 0.05) is 31.2 Å². The number of rotatable bonds is 4. The quantitative estimate of drug-likeness (QED) is 0.920. The van der Waals surface area contributed by atoms with Gasteiger partial charge in [-0.2, -0.15) is 0 Å². The van der Waals surface area contributed by atoms with Crippen LogP contribution >= 0.6 is 0 Å². The largest absolute Gasteiger partial charge is 0.356 e. The van der Waals surface area contributed by atoms with Gasteiger partial charge in [0.15, 0.2) is 9.84 Å². The summed E-state index contributed by atoms with van der Waals surface area (Å²) < 4.78 is 23.0. The van der Waals surface area contributed by atoms with Crippen LogP contribution in [0.2, 0.25) is 0 Å². The zero-order valence-corrected chi connectivity index (χ0v) is 14.2. The first kappa shape index (κ1) is 16.4. The summed E-state index contributed by atoms with van der Waals surface area (Å²) in [6.07, 6.45) is 5.04. The number of pyridine rings is 1.